The zero-order chi connectivity index (χ0) is 18.4. The van der Waals surface area contributed by atoms with Gasteiger partial charge in [0.1, 0.15) is 5.75 Å². The van der Waals surface area contributed by atoms with Crippen molar-refractivity contribution in [3.05, 3.63) is 52.5 Å². The first-order valence-electron chi connectivity index (χ1n) is 7.88. The number of hydrogen-bond donors (Lipinski definition) is 0. The fourth-order valence-corrected chi connectivity index (χ4v) is 2.75. The first-order valence-corrected chi connectivity index (χ1v) is 8.26. The summed E-state index contributed by atoms with van der Waals surface area (Å²) in [6.07, 6.45) is 0. The van der Waals surface area contributed by atoms with E-state index in [0.29, 0.717) is 35.2 Å². The Morgan fingerprint density at radius 1 is 1.12 bits per heavy atom. The second kappa shape index (κ2) is 8.62. The second-order valence-electron chi connectivity index (χ2n) is 5.43. The summed E-state index contributed by atoms with van der Waals surface area (Å²) in [7, 11) is 4.75. The number of nitrogens with zero attached hydrogens (tertiary/aromatic N) is 1. The van der Waals surface area contributed by atoms with Crippen LogP contribution in [0.3, 0.4) is 0 Å². The van der Waals surface area contributed by atoms with Crippen molar-refractivity contribution in [2.24, 2.45) is 0 Å². The molecule has 25 heavy (non-hydrogen) atoms. The van der Waals surface area contributed by atoms with Crippen LogP contribution in [0.25, 0.3) is 0 Å². The second-order valence-corrected chi connectivity index (χ2v) is 5.84. The number of halogens is 1. The van der Waals surface area contributed by atoms with Crippen molar-refractivity contribution in [3.8, 4) is 17.2 Å². The highest BCUT2D eigenvalue weighted by Crippen LogP contribution is 2.36. The molecule has 0 aliphatic heterocycles. The molecule has 2 aromatic carbocycles. The molecule has 0 aliphatic carbocycles. The highest BCUT2D eigenvalue weighted by molar-refractivity contribution is 6.32. The lowest BCUT2D eigenvalue weighted by Gasteiger charge is -2.19. The van der Waals surface area contributed by atoms with Crippen LogP contribution in [0.2, 0.25) is 5.02 Å². The maximum atomic E-state index is 12.7. The van der Waals surface area contributed by atoms with Crippen LogP contribution in [-0.4, -0.2) is 38.7 Å². The first kappa shape index (κ1) is 18.9. The molecule has 6 heteroatoms. The zero-order valence-corrected chi connectivity index (χ0v) is 15.6. The van der Waals surface area contributed by atoms with Gasteiger partial charge in [-0.05, 0) is 36.8 Å². The molecule has 0 saturated carbocycles. The van der Waals surface area contributed by atoms with Crippen molar-refractivity contribution < 1.29 is 19.0 Å². The molecule has 5 nitrogen and oxygen atoms in total. The topological polar surface area (TPSA) is 48.0 Å². The standard InChI is InChI=1S/C19H22ClNO4/c1-5-25-15-8-6-13(7-9-15)12-21(2)19(22)14-10-16(20)18(24-4)17(11-14)23-3/h6-11H,5,12H2,1-4H3. The van der Waals surface area contributed by atoms with Gasteiger partial charge < -0.3 is 19.1 Å². The summed E-state index contributed by atoms with van der Waals surface area (Å²) < 4.78 is 15.9. The van der Waals surface area contributed by atoms with E-state index in [2.05, 4.69) is 0 Å². The third kappa shape index (κ3) is 4.57. The maximum absolute atomic E-state index is 12.7. The van der Waals surface area contributed by atoms with Gasteiger partial charge in [0.25, 0.3) is 5.91 Å². The van der Waals surface area contributed by atoms with Crippen LogP contribution < -0.4 is 14.2 Å². The van der Waals surface area contributed by atoms with E-state index in [9.17, 15) is 4.79 Å². The van der Waals surface area contributed by atoms with Crippen molar-refractivity contribution in [1.29, 1.82) is 0 Å². The van der Waals surface area contributed by atoms with Crippen molar-refractivity contribution in [3.63, 3.8) is 0 Å². The van der Waals surface area contributed by atoms with Crippen LogP contribution in [0.5, 0.6) is 17.2 Å². The van der Waals surface area contributed by atoms with Crippen molar-refractivity contribution in [1.82, 2.24) is 4.90 Å². The Hall–Kier alpha value is -2.40. The van der Waals surface area contributed by atoms with Gasteiger partial charge >= 0.3 is 0 Å². The molecule has 0 aromatic heterocycles. The Labute approximate surface area is 153 Å². The van der Waals surface area contributed by atoms with Crippen LogP contribution in [0.1, 0.15) is 22.8 Å². The SMILES string of the molecule is CCOc1ccc(CN(C)C(=O)c2cc(Cl)c(OC)c(OC)c2)cc1. The van der Waals surface area contributed by atoms with Crippen LogP contribution >= 0.6 is 11.6 Å². The lowest BCUT2D eigenvalue weighted by Crippen LogP contribution is -2.26. The Kier molecular flexibility index (Phi) is 6.53. The molecule has 2 aromatic rings. The Morgan fingerprint density at radius 2 is 1.80 bits per heavy atom. The predicted octanol–water partition coefficient (Wildman–Crippen LogP) is 4.03. The van der Waals surface area contributed by atoms with Crippen LogP contribution in [0, 0.1) is 0 Å². The van der Waals surface area contributed by atoms with Crippen LogP contribution in [0.4, 0.5) is 0 Å². The fraction of sp³-hybridized carbons (Fsp3) is 0.316. The molecule has 0 saturated heterocycles. The molecule has 0 heterocycles. The van der Waals surface area contributed by atoms with Gasteiger partial charge in [0.15, 0.2) is 11.5 Å². The molecular weight excluding hydrogens is 342 g/mol. The van der Waals surface area contributed by atoms with Crippen LogP contribution in [-0.2, 0) is 6.54 Å². The van der Waals surface area contributed by atoms with E-state index in [4.69, 9.17) is 25.8 Å². The molecule has 2 rings (SSSR count). The molecule has 1 amide bonds. The largest absolute Gasteiger partial charge is 0.494 e. The molecule has 0 bridgehead atoms. The zero-order valence-electron chi connectivity index (χ0n) is 14.8. The average molecular weight is 364 g/mol. The van der Waals surface area contributed by atoms with E-state index < -0.39 is 0 Å². The lowest BCUT2D eigenvalue weighted by atomic mass is 10.1. The fourth-order valence-electron chi connectivity index (χ4n) is 2.47. The van der Waals surface area contributed by atoms with Gasteiger partial charge in [-0.2, -0.15) is 0 Å². The molecule has 0 aliphatic rings. The third-order valence-corrected chi connectivity index (χ3v) is 3.96. The summed E-state index contributed by atoms with van der Waals surface area (Å²) in [5.41, 5.74) is 1.45. The number of hydrogen-bond acceptors (Lipinski definition) is 4. The van der Waals surface area contributed by atoms with Crippen molar-refractivity contribution >= 4 is 17.5 Å². The summed E-state index contributed by atoms with van der Waals surface area (Å²) in [5.74, 6) is 1.49. The molecule has 0 atom stereocenters. The van der Waals surface area contributed by atoms with E-state index in [0.717, 1.165) is 11.3 Å². The molecule has 0 radical (unpaired) electrons. The highest BCUT2D eigenvalue weighted by atomic mass is 35.5. The van der Waals surface area contributed by atoms with Crippen molar-refractivity contribution in [2.45, 2.75) is 13.5 Å². The van der Waals surface area contributed by atoms with Gasteiger partial charge in [0.2, 0.25) is 0 Å². The number of amides is 1. The average Bonchev–Trinajstić information content (AvgIpc) is 2.62. The summed E-state index contributed by atoms with van der Waals surface area (Å²) in [6.45, 7) is 3.03. The molecule has 0 unspecified atom stereocenters. The molecule has 0 N–H and O–H groups in total. The minimum absolute atomic E-state index is 0.156. The summed E-state index contributed by atoms with van der Waals surface area (Å²) in [6, 6.07) is 10.9. The van der Waals surface area contributed by atoms with Crippen molar-refractivity contribution in [2.75, 3.05) is 27.9 Å². The van der Waals surface area contributed by atoms with Gasteiger partial charge in [-0.3, -0.25) is 4.79 Å². The number of carbonyl (C=O) groups is 1. The summed E-state index contributed by atoms with van der Waals surface area (Å²) >= 11 is 6.18. The minimum Gasteiger partial charge on any atom is -0.494 e. The van der Waals surface area contributed by atoms with Gasteiger partial charge in [0.05, 0.1) is 25.8 Å². The first-order chi connectivity index (χ1) is 12.0. The summed E-state index contributed by atoms with van der Waals surface area (Å²) in [5, 5.41) is 0.333. The van der Waals surface area contributed by atoms with Gasteiger partial charge in [-0.15, -0.1) is 0 Å². The number of methoxy groups -OCH3 is 2. The van der Waals surface area contributed by atoms with Gasteiger partial charge in [0, 0.05) is 19.2 Å². The molecular formula is C19H22ClNO4. The quantitative estimate of drug-likeness (QED) is 0.745. The monoisotopic (exact) mass is 363 g/mol. The Bertz CT molecular complexity index is 731. The number of carbonyl (C=O) groups excluding carboxylic acids is 1. The van der Waals surface area contributed by atoms with E-state index in [1.54, 1.807) is 24.1 Å². The van der Waals surface area contributed by atoms with E-state index in [-0.39, 0.29) is 5.91 Å². The highest BCUT2D eigenvalue weighted by Gasteiger charge is 2.18. The van der Waals surface area contributed by atoms with Gasteiger partial charge in [-0.25, -0.2) is 0 Å². The van der Waals surface area contributed by atoms with E-state index >= 15 is 0 Å². The molecule has 134 valence electrons. The van der Waals surface area contributed by atoms with E-state index in [1.807, 2.05) is 31.2 Å². The van der Waals surface area contributed by atoms with E-state index in [1.165, 1.54) is 14.2 Å². The third-order valence-electron chi connectivity index (χ3n) is 3.68. The molecule has 0 fully saturated rings. The predicted molar refractivity (Wildman–Crippen MR) is 98.0 cm³/mol. The minimum atomic E-state index is -0.156. The smallest absolute Gasteiger partial charge is 0.254 e. The lowest BCUT2D eigenvalue weighted by molar-refractivity contribution is 0.0784. The normalized spacial score (nSPS) is 10.3. The maximum Gasteiger partial charge on any atom is 0.254 e. The number of rotatable bonds is 7. The molecule has 0 spiro atoms. The number of ether oxygens (including phenoxy) is 3. The Balaban J connectivity index is 2.15. The number of benzene rings is 2. The van der Waals surface area contributed by atoms with Gasteiger partial charge in [-0.1, -0.05) is 23.7 Å². The van der Waals surface area contributed by atoms with Crippen LogP contribution in [0.15, 0.2) is 36.4 Å². The Morgan fingerprint density at radius 3 is 2.36 bits per heavy atom. The summed E-state index contributed by atoms with van der Waals surface area (Å²) in [4.78, 5) is 14.3.